The Morgan fingerprint density at radius 2 is 1.79 bits per heavy atom. The molecule has 1 aliphatic rings. The highest BCUT2D eigenvalue weighted by Crippen LogP contribution is 2.28. The highest BCUT2D eigenvalue weighted by molar-refractivity contribution is 7.89. The third-order valence-corrected chi connectivity index (χ3v) is 6.59. The monoisotopic (exact) mass is 411 g/mol. The number of nitrogens with one attached hydrogen (secondary N) is 1. The molecule has 152 valence electrons. The number of benzene rings is 2. The molecular weight excluding hydrogens is 386 g/mol. The fourth-order valence-electron chi connectivity index (χ4n) is 3.19. The first-order valence-electron chi connectivity index (χ1n) is 9.53. The molecule has 7 heteroatoms. The Morgan fingerprint density at radius 1 is 1.10 bits per heavy atom. The molecule has 1 saturated heterocycles. The fraction of sp³-hybridized carbons (Fsp3) is 0.318. The van der Waals surface area contributed by atoms with Crippen molar-refractivity contribution < 1.29 is 13.2 Å². The highest BCUT2D eigenvalue weighted by atomic mass is 32.2. The third kappa shape index (κ3) is 4.97. The highest BCUT2D eigenvalue weighted by Gasteiger charge is 2.24. The van der Waals surface area contributed by atoms with Crippen molar-refractivity contribution in [3.8, 4) is 11.8 Å². The summed E-state index contributed by atoms with van der Waals surface area (Å²) < 4.78 is 26.2. The third-order valence-electron chi connectivity index (χ3n) is 4.78. The lowest BCUT2D eigenvalue weighted by molar-refractivity contribution is 0.0959. The van der Waals surface area contributed by atoms with Gasteiger partial charge in [-0.1, -0.05) is 30.0 Å². The molecule has 2 aromatic carbocycles. The summed E-state index contributed by atoms with van der Waals surface area (Å²) in [4.78, 5) is 15.1. The smallest absolute Gasteiger partial charge is 0.254 e. The Balaban J connectivity index is 1.84. The summed E-state index contributed by atoms with van der Waals surface area (Å²) in [5.74, 6) is 5.60. The number of anilines is 1. The molecule has 0 spiro atoms. The van der Waals surface area contributed by atoms with Crippen molar-refractivity contribution in [2.75, 3.05) is 38.6 Å². The van der Waals surface area contributed by atoms with Crippen LogP contribution in [0.2, 0.25) is 0 Å². The molecule has 0 aromatic heterocycles. The van der Waals surface area contributed by atoms with Gasteiger partial charge in [0.25, 0.3) is 5.91 Å². The lowest BCUT2D eigenvalue weighted by Gasteiger charge is -2.22. The topological polar surface area (TPSA) is 69.7 Å². The van der Waals surface area contributed by atoms with E-state index in [0.29, 0.717) is 5.56 Å². The van der Waals surface area contributed by atoms with Crippen molar-refractivity contribution in [1.29, 1.82) is 0 Å². The van der Waals surface area contributed by atoms with E-state index in [1.165, 1.54) is 20.2 Å². The van der Waals surface area contributed by atoms with Crippen molar-refractivity contribution in [2.24, 2.45) is 0 Å². The predicted octanol–water partition coefficient (Wildman–Crippen LogP) is 2.32. The zero-order valence-corrected chi connectivity index (χ0v) is 17.5. The molecule has 1 heterocycles. The SMILES string of the molecule is CN(C)S(=O)(=O)c1ccc(N2CCCC2)c(C(=O)NCC#Cc2ccccc2)c1. The van der Waals surface area contributed by atoms with Gasteiger partial charge in [0.2, 0.25) is 10.0 Å². The van der Waals surface area contributed by atoms with Crippen molar-refractivity contribution in [2.45, 2.75) is 17.7 Å². The van der Waals surface area contributed by atoms with E-state index in [1.807, 2.05) is 30.3 Å². The maximum atomic E-state index is 12.9. The second-order valence-electron chi connectivity index (χ2n) is 7.01. The van der Waals surface area contributed by atoms with Gasteiger partial charge in [-0.15, -0.1) is 0 Å². The molecule has 2 aromatic rings. The Kier molecular flexibility index (Phi) is 6.57. The van der Waals surface area contributed by atoms with Gasteiger partial charge in [0.05, 0.1) is 17.0 Å². The summed E-state index contributed by atoms with van der Waals surface area (Å²) in [7, 11) is -0.678. The Bertz CT molecular complexity index is 1030. The molecule has 1 aliphatic heterocycles. The minimum atomic E-state index is -3.63. The summed E-state index contributed by atoms with van der Waals surface area (Å²) >= 11 is 0. The molecule has 1 fully saturated rings. The summed E-state index contributed by atoms with van der Waals surface area (Å²) in [6.07, 6.45) is 2.11. The number of hydrogen-bond donors (Lipinski definition) is 1. The van der Waals surface area contributed by atoms with Crippen molar-refractivity contribution >= 4 is 21.6 Å². The summed E-state index contributed by atoms with van der Waals surface area (Å²) in [6, 6.07) is 14.3. The second-order valence-corrected chi connectivity index (χ2v) is 9.16. The van der Waals surface area contributed by atoms with Crippen LogP contribution in [0.25, 0.3) is 0 Å². The van der Waals surface area contributed by atoms with Gasteiger partial charge >= 0.3 is 0 Å². The van der Waals surface area contributed by atoms with Gasteiger partial charge in [0.1, 0.15) is 0 Å². The van der Waals surface area contributed by atoms with Crippen LogP contribution in [-0.2, 0) is 10.0 Å². The number of nitrogens with zero attached hydrogens (tertiary/aromatic N) is 2. The zero-order chi connectivity index (χ0) is 20.9. The van der Waals surface area contributed by atoms with Crippen molar-refractivity contribution in [1.82, 2.24) is 9.62 Å². The molecule has 0 atom stereocenters. The largest absolute Gasteiger partial charge is 0.371 e. The molecule has 29 heavy (non-hydrogen) atoms. The molecule has 0 unspecified atom stereocenters. The normalized spacial score (nSPS) is 13.8. The lowest BCUT2D eigenvalue weighted by atomic mass is 10.1. The molecule has 0 aliphatic carbocycles. The van der Waals surface area contributed by atoms with Crippen LogP contribution in [-0.4, -0.2) is 52.4 Å². The van der Waals surface area contributed by atoms with Crippen molar-refractivity contribution in [3.05, 3.63) is 59.7 Å². The van der Waals surface area contributed by atoms with Gasteiger partial charge in [0, 0.05) is 38.4 Å². The van der Waals surface area contributed by atoms with E-state index in [4.69, 9.17) is 0 Å². The van der Waals surface area contributed by atoms with Crippen molar-refractivity contribution in [3.63, 3.8) is 0 Å². The number of carbonyl (C=O) groups excluding carboxylic acids is 1. The standard InChI is InChI=1S/C22H25N3O3S/c1-24(2)29(27,28)19-12-13-21(25-15-6-7-16-25)20(17-19)22(26)23-14-8-11-18-9-4-3-5-10-18/h3-5,9-10,12-13,17H,6-7,14-16H2,1-2H3,(H,23,26). The van der Waals surface area contributed by atoms with Crippen LogP contribution in [0.1, 0.15) is 28.8 Å². The zero-order valence-electron chi connectivity index (χ0n) is 16.7. The van der Waals surface area contributed by atoms with Crippen LogP contribution >= 0.6 is 0 Å². The van der Waals surface area contributed by atoms with Gasteiger partial charge in [-0.2, -0.15) is 0 Å². The van der Waals surface area contributed by atoms with E-state index in [2.05, 4.69) is 22.1 Å². The fourth-order valence-corrected chi connectivity index (χ4v) is 4.12. The number of carbonyl (C=O) groups is 1. The maximum absolute atomic E-state index is 12.9. The summed E-state index contributed by atoms with van der Waals surface area (Å²) in [5.41, 5.74) is 1.99. The van der Waals surface area contributed by atoms with Crippen LogP contribution in [0.4, 0.5) is 5.69 Å². The molecule has 1 amide bonds. The van der Waals surface area contributed by atoms with Gasteiger partial charge < -0.3 is 10.2 Å². The van der Waals surface area contributed by atoms with Crippen LogP contribution < -0.4 is 10.2 Å². The lowest BCUT2D eigenvalue weighted by Crippen LogP contribution is -2.29. The van der Waals surface area contributed by atoms with Crippen LogP contribution in [0.3, 0.4) is 0 Å². The van der Waals surface area contributed by atoms with Gasteiger partial charge in [-0.25, -0.2) is 12.7 Å². The van der Waals surface area contributed by atoms with E-state index >= 15 is 0 Å². The molecule has 6 nitrogen and oxygen atoms in total. The molecule has 1 N–H and O–H groups in total. The van der Waals surface area contributed by atoms with E-state index in [0.717, 1.165) is 41.5 Å². The first kappa shape index (κ1) is 20.9. The Labute approximate surface area is 172 Å². The molecule has 0 bridgehead atoms. The first-order chi connectivity index (χ1) is 13.9. The molecule has 0 saturated carbocycles. The Morgan fingerprint density at radius 3 is 2.45 bits per heavy atom. The summed E-state index contributed by atoms with van der Waals surface area (Å²) in [5, 5.41) is 2.79. The maximum Gasteiger partial charge on any atom is 0.254 e. The van der Waals surface area contributed by atoms with Gasteiger partial charge in [-0.05, 0) is 43.2 Å². The first-order valence-corrected chi connectivity index (χ1v) is 11.0. The Hall–Kier alpha value is -2.82. The molecular formula is C22H25N3O3S. The second kappa shape index (κ2) is 9.12. The minimum Gasteiger partial charge on any atom is -0.371 e. The van der Waals surface area contributed by atoms with Crippen LogP contribution in [0.15, 0.2) is 53.4 Å². The molecule has 0 radical (unpaired) electrons. The predicted molar refractivity (Wildman–Crippen MR) is 114 cm³/mol. The quantitative estimate of drug-likeness (QED) is 0.767. The molecule has 3 rings (SSSR count). The van der Waals surface area contributed by atoms with E-state index in [-0.39, 0.29) is 17.3 Å². The van der Waals surface area contributed by atoms with Crippen LogP contribution in [0, 0.1) is 11.8 Å². The number of rotatable bonds is 5. The number of hydrogen-bond acceptors (Lipinski definition) is 4. The minimum absolute atomic E-state index is 0.103. The van der Waals surface area contributed by atoms with Gasteiger partial charge in [-0.3, -0.25) is 4.79 Å². The number of amides is 1. The van der Waals surface area contributed by atoms with E-state index in [9.17, 15) is 13.2 Å². The van der Waals surface area contributed by atoms with E-state index < -0.39 is 10.0 Å². The van der Waals surface area contributed by atoms with Gasteiger partial charge in [0.15, 0.2) is 0 Å². The average molecular weight is 412 g/mol. The average Bonchev–Trinajstić information content (AvgIpc) is 3.26. The summed E-state index contributed by atoms with van der Waals surface area (Å²) in [6.45, 7) is 1.89. The number of sulfonamides is 1. The van der Waals surface area contributed by atoms with E-state index in [1.54, 1.807) is 12.1 Å². The van der Waals surface area contributed by atoms with Crippen LogP contribution in [0.5, 0.6) is 0 Å².